The smallest absolute Gasteiger partial charge is 0.399 e. The topological polar surface area (TPSA) is 131 Å². The predicted molar refractivity (Wildman–Crippen MR) is 498 cm³/mol. The molecule has 20 aromatic rings. The van der Waals surface area contributed by atoms with Crippen LogP contribution < -0.4 is 41.5 Å². The Morgan fingerprint density at radius 3 is 1.06 bits per heavy atom. The van der Waals surface area contributed by atoms with Crippen molar-refractivity contribution in [3.63, 3.8) is 0 Å². The normalized spacial score (nSPS) is 14.0. The Kier molecular flexibility index (Phi) is 20.9. The van der Waals surface area contributed by atoms with Crippen molar-refractivity contribution in [1.29, 1.82) is 0 Å². The fraction of sp³-hybridized carbons (Fsp3) is 0.0962. The van der Waals surface area contributed by atoms with Crippen molar-refractivity contribution in [1.82, 2.24) is 18.8 Å². The fourth-order valence-corrected chi connectivity index (χ4v) is 23.1. The van der Waals surface area contributed by atoms with Crippen molar-refractivity contribution in [3.8, 4) is 39.1 Å². The van der Waals surface area contributed by atoms with Gasteiger partial charge in [0.1, 0.15) is 17.0 Å². The van der Waals surface area contributed by atoms with Crippen LogP contribution in [0.15, 0.2) is 376 Å². The molecule has 0 N–H and O–H groups in total. The molecule has 11 nitrogen and oxygen atoms in total. The van der Waals surface area contributed by atoms with E-state index in [1.807, 2.05) is 91.0 Å². The number of pyridine rings is 2. The predicted octanol–water partition coefficient (Wildman–Crippen LogP) is 24.3. The molecule has 0 saturated carbocycles. The Morgan fingerprint density at radius 2 is 0.648 bits per heavy atom. The van der Waals surface area contributed by atoms with E-state index in [1.54, 1.807) is 84.9 Å². The second-order valence-corrected chi connectivity index (χ2v) is 39.7. The molecule has 0 atom stereocenters. The molecule has 1 aliphatic heterocycles. The highest BCUT2D eigenvalue weighted by Gasteiger charge is 2.86. The lowest BCUT2D eigenvalue weighted by Gasteiger charge is -2.32. The number of fused-ring (bicyclic) bond motifs is 18. The van der Waals surface area contributed by atoms with Gasteiger partial charge in [0.15, 0.2) is 14.3 Å². The maximum absolute atomic E-state index is 14.9. The molecule has 128 heavy (non-hydrogen) atoms. The number of rotatable bonds is 15. The van der Waals surface area contributed by atoms with Crippen LogP contribution in [0.3, 0.4) is 0 Å². The molecule has 1 saturated heterocycles. The number of alkyl halides is 9. The summed E-state index contributed by atoms with van der Waals surface area (Å²) in [4.78, 5) is 9.97. The molecular weight excluding hydrogens is 1690 g/mol. The Hall–Kier alpha value is -13.5. The van der Waals surface area contributed by atoms with Gasteiger partial charge in [-0.2, -0.15) is 47.9 Å². The van der Waals surface area contributed by atoms with E-state index in [2.05, 4.69) is 217 Å². The van der Waals surface area contributed by atoms with Crippen molar-refractivity contribution in [2.45, 2.75) is 62.2 Å². The lowest BCUT2D eigenvalue weighted by Crippen LogP contribution is -2.63. The van der Waals surface area contributed by atoms with Gasteiger partial charge in [0.05, 0.1) is 44.3 Å². The summed E-state index contributed by atoms with van der Waals surface area (Å²) in [6.07, 6.45) is -7.19. The number of imidazole rings is 2. The molecule has 16 aromatic carbocycles. The van der Waals surface area contributed by atoms with E-state index in [0.29, 0.717) is 37.8 Å². The van der Waals surface area contributed by atoms with Gasteiger partial charge in [-0.05, 0) is 178 Å². The molecule has 1 aliphatic rings. The van der Waals surface area contributed by atoms with Crippen LogP contribution in [0.1, 0.15) is 27.7 Å². The van der Waals surface area contributed by atoms with Gasteiger partial charge < -0.3 is 22.6 Å². The van der Waals surface area contributed by atoms with Gasteiger partial charge in [-0.1, -0.05) is 297 Å². The zero-order valence-corrected chi connectivity index (χ0v) is 71.3. The van der Waals surface area contributed by atoms with Crippen molar-refractivity contribution < 1.29 is 70.6 Å². The van der Waals surface area contributed by atoms with Gasteiger partial charge in [0.25, 0.3) is 0 Å². The van der Waals surface area contributed by atoms with Crippen LogP contribution in [0.25, 0.3) is 132 Å². The second-order valence-electron chi connectivity index (χ2n) is 32.6. The molecule has 1 fully saturated rings. The van der Waals surface area contributed by atoms with Gasteiger partial charge in [0, 0.05) is 53.4 Å². The standard InChI is InChI=1S/C47H31N2OP.C32H20F9O4PS.C25H23BN2O2/c50-51(38-11-3-1-4-12-38,39-13-5-2-6-14-39)40-27-25-35-29-34(23-24-36(35)30-40)32-19-21-33(22-20-32)37-26-28-45-43(31-37)41-15-7-8-16-42(41)47-48-44-17-9-10-18-46(44)49(45)47;33-29(34,31(37,38)39)30(35,36)32(40,41)47(43,44)45-25-16-13-21(14-17-25)22-11-12-24-20-28(18-15-23(24)19-22)46(42,26-7-3-1-4-8-26)27-9-5-2-6-10-27;1-24(2)25(3,4)30-26(29-24)16-13-14-21-19(15-16)17-9-5-6-10-18(17)23-27-20-11-7-8-12-22(20)28(21)23/h1-31H;1-20H;5-15H,1-4H3. The second kappa shape index (κ2) is 31.8. The van der Waals surface area contributed by atoms with Crippen LogP contribution >= 0.6 is 14.3 Å². The Balaban J connectivity index is 0.000000129. The zero-order chi connectivity index (χ0) is 89.1. The third kappa shape index (κ3) is 14.3. The number of aromatic nitrogens is 4. The third-order valence-corrected chi connectivity index (χ3v) is 31.7. The summed E-state index contributed by atoms with van der Waals surface area (Å²) in [5.41, 5.74) is 14.3. The molecule has 0 radical (unpaired) electrons. The van der Waals surface area contributed by atoms with E-state index in [-0.39, 0.29) is 18.3 Å². The van der Waals surface area contributed by atoms with Crippen LogP contribution in [0.2, 0.25) is 0 Å². The Bertz CT molecular complexity index is 7890. The van der Waals surface area contributed by atoms with Crippen LogP contribution in [-0.4, -0.2) is 68.8 Å². The van der Waals surface area contributed by atoms with Crippen LogP contribution in [0, 0.1) is 0 Å². The lowest BCUT2D eigenvalue weighted by molar-refractivity contribution is -0.382. The fourth-order valence-electron chi connectivity index (χ4n) is 16.9. The van der Waals surface area contributed by atoms with E-state index >= 15 is 0 Å². The first kappa shape index (κ1) is 84.1. The maximum Gasteiger partial charge on any atom is 0.494 e. The van der Waals surface area contributed by atoms with Crippen molar-refractivity contribution >= 4 is 167 Å². The molecule has 0 unspecified atom stereocenters. The molecule has 0 bridgehead atoms. The SMILES string of the molecule is CC1(C)OB(c2ccc3c(c2)c2ccccc2c2nc4ccccc4n32)OC1(C)C.O=P(c1ccccc1)(c1ccccc1)c1ccc2cc(-c3ccc(-c4ccc5c(c4)c4ccccc4c4nc6ccccc6n54)cc3)ccc2c1.O=P(c1ccccc1)(c1ccccc1)c1ccc2cc(-c3ccc(OS(=O)(=O)C(F)(F)C(F)(F)C(F)(F)C(F)(F)F)cc3)ccc2c1. The highest BCUT2D eigenvalue weighted by Crippen LogP contribution is 2.56. The van der Waals surface area contributed by atoms with Crippen molar-refractivity contribution in [2.75, 3.05) is 0 Å². The maximum atomic E-state index is 14.9. The summed E-state index contributed by atoms with van der Waals surface area (Å²) in [6.45, 7) is 8.35. The first-order valence-electron chi connectivity index (χ1n) is 41.0. The quantitative estimate of drug-likeness (QED) is 0.0324. The number of para-hydroxylation sites is 4. The number of halogens is 9. The summed E-state index contributed by atoms with van der Waals surface area (Å²) in [5, 5.41) is 8.01. The van der Waals surface area contributed by atoms with Crippen LogP contribution in [0.4, 0.5) is 39.5 Å². The van der Waals surface area contributed by atoms with Gasteiger partial charge in [-0.25, -0.2) is 9.97 Å². The minimum atomic E-state index is -7.40. The molecule has 5 heterocycles. The summed E-state index contributed by atoms with van der Waals surface area (Å²) < 4.78 is 193. The number of nitrogens with zero attached hydrogens (tertiary/aromatic N) is 4. The van der Waals surface area contributed by atoms with E-state index < -0.39 is 53.4 Å². The van der Waals surface area contributed by atoms with Crippen molar-refractivity contribution in [2.24, 2.45) is 0 Å². The number of benzene rings is 16. The molecule has 4 aromatic heterocycles. The zero-order valence-electron chi connectivity index (χ0n) is 68.7. The van der Waals surface area contributed by atoms with E-state index in [1.165, 1.54) is 32.7 Å². The molecule has 0 aliphatic carbocycles. The average molecular weight is 1770 g/mol. The molecule has 634 valence electrons. The van der Waals surface area contributed by atoms with Crippen LogP contribution in [0.5, 0.6) is 5.75 Å². The van der Waals surface area contributed by atoms with E-state index in [9.17, 15) is 57.1 Å². The lowest BCUT2D eigenvalue weighted by atomic mass is 9.78. The summed E-state index contributed by atoms with van der Waals surface area (Å²) in [7, 11) is -13.8. The van der Waals surface area contributed by atoms with Gasteiger partial charge in [0.2, 0.25) is 0 Å². The summed E-state index contributed by atoms with van der Waals surface area (Å²) >= 11 is 0. The van der Waals surface area contributed by atoms with E-state index in [0.717, 1.165) is 123 Å². The Morgan fingerprint density at radius 1 is 0.320 bits per heavy atom. The van der Waals surface area contributed by atoms with Gasteiger partial charge in [-0.15, -0.1) is 0 Å². The first-order valence-corrected chi connectivity index (χ1v) is 45.8. The monoisotopic (exact) mass is 1770 g/mol. The van der Waals surface area contributed by atoms with Crippen LogP contribution in [-0.2, 0) is 28.6 Å². The molecular formula is C104H74BF9N4O7P2S. The minimum absolute atomic E-state index is 0.334. The van der Waals surface area contributed by atoms with Crippen molar-refractivity contribution in [3.05, 3.63) is 376 Å². The Labute approximate surface area is 729 Å². The largest absolute Gasteiger partial charge is 0.494 e. The number of hydrogen-bond donors (Lipinski definition) is 0. The molecule has 0 spiro atoms. The number of hydrogen-bond acceptors (Lipinski definition) is 9. The minimum Gasteiger partial charge on any atom is -0.399 e. The highest BCUT2D eigenvalue weighted by atomic mass is 32.2. The van der Waals surface area contributed by atoms with E-state index in [4.69, 9.17) is 19.3 Å². The third-order valence-electron chi connectivity index (χ3n) is 24.3. The highest BCUT2D eigenvalue weighted by molar-refractivity contribution is 7.88. The van der Waals surface area contributed by atoms with Gasteiger partial charge in [-0.3, -0.25) is 8.80 Å². The summed E-state index contributed by atoms with van der Waals surface area (Å²) in [5.74, 6) is -15.9. The summed E-state index contributed by atoms with van der Waals surface area (Å²) in [6, 6.07) is 120. The first-order chi connectivity index (χ1) is 61.3. The molecule has 0 amide bonds. The molecule has 21 rings (SSSR count). The average Bonchev–Trinajstić information content (AvgIpc) is 0.848. The molecule has 24 heteroatoms. The van der Waals surface area contributed by atoms with Gasteiger partial charge >= 0.3 is 40.5 Å².